The Kier molecular flexibility index (Phi) is 3.63. The first kappa shape index (κ1) is 11.3. The number of methoxy groups -OCH3 is 1. The molecule has 5 heteroatoms. The minimum Gasteiger partial charge on any atom is -0.383 e. The van der Waals surface area contributed by atoms with E-state index in [0.29, 0.717) is 0 Å². The summed E-state index contributed by atoms with van der Waals surface area (Å²) in [7, 11) is 1.71. The fourth-order valence-corrected chi connectivity index (χ4v) is 2.59. The van der Waals surface area contributed by atoms with Crippen LogP contribution in [0.5, 0.6) is 0 Å². The lowest BCUT2D eigenvalue weighted by atomic mass is 10.3. The molecular formula is C10H10BrIN2O. The van der Waals surface area contributed by atoms with Gasteiger partial charge < -0.3 is 9.30 Å². The van der Waals surface area contributed by atoms with Gasteiger partial charge in [-0.05, 0) is 44.6 Å². The molecule has 0 amide bonds. The van der Waals surface area contributed by atoms with Crippen molar-refractivity contribution in [2.75, 3.05) is 13.7 Å². The maximum Gasteiger partial charge on any atom is 0.106 e. The highest BCUT2D eigenvalue weighted by Gasteiger charge is 2.06. The first-order valence-electron chi connectivity index (χ1n) is 4.51. The van der Waals surface area contributed by atoms with Crippen LogP contribution in [0.15, 0.2) is 23.1 Å². The van der Waals surface area contributed by atoms with E-state index in [4.69, 9.17) is 4.74 Å². The molecule has 80 valence electrons. The molecule has 0 aromatic carbocycles. The molecule has 0 atom stereocenters. The second kappa shape index (κ2) is 4.80. The molecule has 0 fully saturated rings. The third-order valence-corrected chi connectivity index (χ3v) is 3.52. The number of pyridine rings is 1. The molecule has 0 bridgehead atoms. The number of aromatic nitrogens is 2. The Morgan fingerprint density at radius 3 is 3.13 bits per heavy atom. The second-order valence-electron chi connectivity index (χ2n) is 3.19. The van der Waals surface area contributed by atoms with Crippen LogP contribution in [-0.4, -0.2) is 23.3 Å². The fraction of sp³-hybridized carbons (Fsp3) is 0.300. The summed E-state index contributed by atoms with van der Waals surface area (Å²) in [5.41, 5.74) is 1.15. The number of fused-ring (bicyclic) bond motifs is 1. The zero-order valence-electron chi connectivity index (χ0n) is 8.20. The largest absolute Gasteiger partial charge is 0.383 e. The first-order chi connectivity index (χ1) is 7.22. The van der Waals surface area contributed by atoms with E-state index in [0.717, 1.165) is 23.3 Å². The molecule has 0 saturated heterocycles. The smallest absolute Gasteiger partial charge is 0.106 e. The van der Waals surface area contributed by atoms with Gasteiger partial charge in [0.15, 0.2) is 0 Å². The maximum absolute atomic E-state index is 5.07. The normalized spacial score (nSPS) is 11.1. The molecule has 0 aliphatic carbocycles. The maximum atomic E-state index is 5.07. The standard InChI is InChI=1S/C10H10BrIN2O/c1-15-3-2-14-6-8(12)7-4-10(11)13-5-9(7)14/h4-6H,2-3H2,1H3. The van der Waals surface area contributed by atoms with Crippen LogP contribution >= 0.6 is 38.5 Å². The van der Waals surface area contributed by atoms with Crippen LogP contribution in [0, 0.1) is 3.57 Å². The van der Waals surface area contributed by atoms with Crippen molar-refractivity contribution >= 4 is 49.4 Å². The molecule has 0 spiro atoms. The van der Waals surface area contributed by atoms with Gasteiger partial charge in [0.1, 0.15) is 4.60 Å². The Hall–Kier alpha value is -0.140. The van der Waals surface area contributed by atoms with E-state index in [1.807, 2.05) is 12.3 Å². The van der Waals surface area contributed by atoms with Crippen molar-refractivity contribution in [1.82, 2.24) is 9.55 Å². The van der Waals surface area contributed by atoms with Gasteiger partial charge in [-0.3, -0.25) is 0 Å². The summed E-state index contributed by atoms with van der Waals surface area (Å²) in [6, 6.07) is 2.04. The van der Waals surface area contributed by atoms with Crippen molar-refractivity contribution in [2.45, 2.75) is 6.54 Å². The van der Waals surface area contributed by atoms with E-state index in [2.05, 4.69) is 54.3 Å². The van der Waals surface area contributed by atoms with E-state index in [-0.39, 0.29) is 0 Å². The summed E-state index contributed by atoms with van der Waals surface area (Å²) >= 11 is 5.72. The highest BCUT2D eigenvalue weighted by Crippen LogP contribution is 2.24. The number of hydrogen-bond donors (Lipinski definition) is 0. The zero-order chi connectivity index (χ0) is 10.8. The third kappa shape index (κ3) is 2.34. The Labute approximate surface area is 110 Å². The number of ether oxygens (including phenoxy) is 1. The topological polar surface area (TPSA) is 27.1 Å². The number of nitrogens with zero attached hydrogens (tertiary/aromatic N) is 2. The van der Waals surface area contributed by atoms with Crippen LogP contribution < -0.4 is 0 Å². The third-order valence-electron chi connectivity index (χ3n) is 2.22. The molecule has 0 saturated carbocycles. The predicted molar refractivity (Wildman–Crippen MR) is 72.0 cm³/mol. The van der Waals surface area contributed by atoms with Crippen molar-refractivity contribution in [3.8, 4) is 0 Å². The van der Waals surface area contributed by atoms with Crippen LogP contribution in [0.3, 0.4) is 0 Å². The fourth-order valence-electron chi connectivity index (χ4n) is 1.49. The summed E-state index contributed by atoms with van der Waals surface area (Å²) in [6.45, 7) is 1.58. The molecule has 15 heavy (non-hydrogen) atoms. The molecule has 2 heterocycles. The lowest BCUT2D eigenvalue weighted by molar-refractivity contribution is 0.188. The highest BCUT2D eigenvalue weighted by molar-refractivity contribution is 14.1. The summed E-state index contributed by atoms with van der Waals surface area (Å²) in [6.07, 6.45) is 4.01. The van der Waals surface area contributed by atoms with Gasteiger partial charge in [-0.25, -0.2) is 4.98 Å². The second-order valence-corrected chi connectivity index (χ2v) is 5.16. The molecular weight excluding hydrogens is 371 g/mol. The van der Waals surface area contributed by atoms with Gasteiger partial charge >= 0.3 is 0 Å². The van der Waals surface area contributed by atoms with Crippen LogP contribution in [0.25, 0.3) is 10.9 Å². The van der Waals surface area contributed by atoms with E-state index in [1.165, 1.54) is 8.96 Å². The summed E-state index contributed by atoms with van der Waals surface area (Å²) < 4.78 is 9.35. The monoisotopic (exact) mass is 380 g/mol. The number of hydrogen-bond acceptors (Lipinski definition) is 2. The molecule has 2 aromatic rings. The van der Waals surface area contributed by atoms with Crippen molar-refractivity contribution in [1.29, 1.82) is 0 Å². The van der Waals surface area contributed by atoms with E-state index < -0.39 is 0 Å². The Bertz CT molecular complexity index is 483. The summed E-state index contributed by atoms with van der Waals surface area (Å²) in [5.74, 6) is 0. The van der Waals surface area contributed by atoms with Crippen molar-refractivity contribution in [2.24, 2.45) is 0 Å². The highest BCUT2D eigenvalue weighted by atomic mass is 127. The molecule has 0 N–H and O–H groups in total. The van der Waals surface area contributed by atoms with Gasteiger partial charge in [0, 0.05) is 28.8 Å². The molecule has 0 aliphatic heterocycles. The minimum absolute atomic E-state index is 0.718. The quantitative estimate of drug-likeness (QED) is 0.604. The van der Waals surface area contributed by atoms with Gasteiger partial charge in [-0.2, -0.15) is 0 Å². The molecule has 0 radical (unpaired) electrons. The van der Waals surface area contributed by atoms with Gasteiger partial charge in [0.05, 0.1) is 18.3 Å². The van der Waals surface area contributed by atoms with Crippen LogP contribution in [0.4, 0.5) is 0 Å². The molecule has 0 aliphatic rings. The zero-order valence-corrected chi connectivity index (χ0v) is 11.9. The first-order valence-corrected chi connectivity index (χ1v) is 6.38. The lowest BCUT2D eigenvalue weighted by Crippen LogP contribution is -2.02. The van der Waals surface area contributed by atoms with Crippen molar-refractivity contribution in [3.05, 3.63) is 26.6 Å². The average molecular weight is 381 g/mol. The van der Waals surface area contributed by atoms with Gasteiger partial charge in [0.2, 0.25) is 0 Å². The summed E-state index contributed by atoms with van der Waals surface area (Å²) in [5, 5.41) is 1.23. The van der Waals surface area contributed by atoms with E-state index in [1.54, 1.807) is 7.11 Å². The van der Waals surface area contributed by atoms with Gasteiger partial charge in [-0.1, -0.05) is 0 Å². The Morgan fingerprint density at radius 1 is 1.60 bits per heavy atom. The van der Waals surface area contributed by atoms with E-state index in [9.17, 15) is 0 Å². The van der Waals surface area contributed by atoms with Gasteiger partial charge in [-0.15, -0.1) is 0 Å². The molecule has 2 rings (SSSR count). The van der Waals surface area contributed by atoms with E-state index >= 15 is 0 Å². The predicted octanol–water partition coefficient (Wildman–Crippen LogP) is 3.05. The Morgan fingerprint density at radius 2 is 2.40 bits per heavy atom. The molecule has 0 unspecified atom stereocenters. The molecule has 3 nitrogen and oxygen atoms in total. The van der Waals surface area contributed by atoms with Gasteiger partial charge in [0.25, 0.3) is 0 Å². The van der Waals surface area contributed by atoms with Crippen molar-refractivity contribution in [3.63, 3.8) is 0 Å². The van der Waals surface area contributed by atoms with Crippen LogP contribution in [0.2, 0.25) is 0 Å². The van der Waals surface area contributed by atoms with Crippen LogP contribution in [-0.2, 0) is 11.3 Å². The minimum atomic E-state index is 0.718. The average Bonchev–Trinajstić information content (AvgIpc) is 2.53. The number of halogens is 2. The lowest BCUT2D eigenvalue weighted by Gasteiger charge is -2.03. The SMILES string of the molecule is COCCn1cc(I)c2cc(Br)ncc21. The Balaban J connectivity index is 2.48. The number of rotatable bonds is 3. The van der Waals surface area contributed by atoms with Crippen LogP contribution in [0.1, 0.15) is 0 Å². The summed E-state index contributed by atoms with van der Waals surface area (Å²) in [4.78, 5) is 4.24. The molecule has 2 aromatic heterocycles. The van der Waals surface area contributed by atoms with Crippen molar-refractivity contribution < 1.29 is 4.74 Å².